The Morgan fingerprint density at radius 3 is 1.97 bits per heavy atom. The molecule has 0 aromatic heterocycles. The highest BCUT2D eigenvalue weighted by Crippen LogP contribution is 2.43. The number of hydrogen-bond acceptors (Lipinski definition) is 3. The Balaban J connectivity index is 1.64. The molecule has 1 aliphatic heterocycles. The van der Waals surface area contributed by atoms with Crippen molar-refractivity contribution in [2.45, 2.75) is 6.04 Å². The predicted molar refractivity (Wildman–Crippen MR) is 141 cm³/mol. The molecule has 5 rings (SSSR count). The summed E-state index contributed by atoms with van der Waals surface area (Å²) in [7, 11) is 3.38. The van der Waals surface area contributed by atoms with Gasteiger partial charge in [0, 0.05) is 11.4 Å². The second-order valence-electron chi connectivity index (χ2n) is 8.17. The molecule has 0 saturated carbocycles. The van der Waals surface area contributed by atoms with Crippen molar-refractivity contribution in [1.82, 2.24) is 0 Å². The van der Waals surface area contributed by atoms with Crippen LogP contribution >= 0.6 is 0 Å². The van der Waals surface area contributed by atoms with Crippen molar-refractivity contribution in [3.8, 4) is 11.5 Å². The fraction of sp³-hybridized carbons (Fsp3) is 0.0968. The molecule has 3 nitrogen and oxygen atoms in total. The van der Waals surface area contributed by atoms with Gasteiger partial charge in [-0.3, -0.25) is 0 Å². The lowest BCUT2D eigenvalue weighted by atomic mass is 9.90. The van der Waals surface area contributed by atoms with Crippen LogP contribution in [0, 0.1) is 0 Å². The molecule has 0 spiro atoms. The van der Waals surface area contributed by atoms with E-state index >= 15 is 0 Å². The lowest BCUT2D eigenvalue weighted by Crippen LogP contribution is -2.29. The van der Waals surface area contributed by atoms with E-state index in [1.807, 2.05) is 24.3 Å². The Kier molecular flexibility index (Phi) is 6.17. The number of nitrogens with zero attached hydrogens (tertiary/aromatic N) is 1. The summed E-state index contributed by atoms with van der Waals surface area (Å²) in [6.45, 7) is 0. The Morgan fingerprint density at radius 1 is 0.676 bits per heavy atom. The number of anilines is 1. The summed E-state index contributed by atoms with van der Waals surface area (Å²) in [4.78, 5) is 2.40. The van der Waals surface area contributed by atoms with E-state index in [-0.39, 0.29) is 6.04 Å². The molecule has 0 radical (unpaired) electrons. The number of rotatable bonds is 6. The Labute approximate surface area is 201 Å². The van der Waals surface area contributed by atoms with Crippen LogP contribution in [0.1, 0.15) is 28.3 Å². The largest absolute Gasteiger partial charge is 0.497 e. The monoisotopic (exact) mass is 445 g/mol. The van der Waals surface area contributed by atoms with Gasteiger partial charge in [0.25, 0.3) is 0 Å². The molecule has 0 amide bonds. The number of ether oxygens (including phenoxy) is 2. The summed E-state index contributed by atoms with van der Waals surface area (Å²) in [6.07, 6.45) is 6.75. The molecule has 1 heterocycles. The third-order valence-corrected chi connectivity index (χ3v) is 6.15. The molecule has 4 aromatic rings. The van der Waals surface area contributed by atoms with Gasteiger partial charge in [-0.05, 0) is 64.7 Å². The van der Waals surface area contributed by atoms with Gasteiger partial charge in [-0.2, -0.15) is 0 Å². The number of fused-ring (bicyclic) bond motifs is 1. The molecule has 0 saturated heterocycles. The first-order chi connectivity index (χ1) is 16.8. The average molecular weight is 446 g/mol. The van der Waals surface area contributed by atoms with Crippen molar-refractivity contribution in [3.63, 3.8) is 0 Å². The minimum atomic E-state index is 0.0203. The van der Waals surface area contributed by atoms with Crippen LogP contribution in [0.3, 0.4) is 0 Å². The molecule has 0 aliphatic carbocycles. The summed E-state index contributed by atoms with van der Waals surface area (Å²) in [5.41, 5.74) is 7.07. The number of methoxy groups -OCH3 is 2. The van der Waals surface area contributed by atoms with Crippen molar-refractivity contribution in [2.75, 3.05) is 19.1 Å². The average Bonchev–Trinajstić information content (AvgIpc) is 2.92. The van der Waals surface area contributed by atoms with Gasteiger partial charge >= 0.3 is 0 Å². The van der Waals surface area contributed by atoms with Crippen LogP contribution < -0.4 is 14.4 Å². The van der Waals surface area contributed by atoms with Crippen molar-refractivity contribution < 1.29 is 9.47 Å². The zero-order valence-electron chi connectivity index (χ0n) is 19.4. The predicted octanol–water partition coefficient (Wildman–Crippen LogP) is 7.48. The van der Waals surface area contributed by atoms with E-state index in [1.54, 1.807) is 14.2 Å². The van der Waals surface area contributed by atoms with Gasteiger partial charge in [-0.15, -0.1) is 0 Å². The molecule has 1 unspecified atom stereocenters. The molecular weight excluding hydrogens is 418 g/mol. The zero-order valence-corrected chi connectivity index (χ0v) is 19.4. The lowest BCUT2D eigenvalue weighted by Gasteiger charge is -2.38. The van der Waals surface area contributed by atoms with E-state index in [2.05, 4.69) is 102 Å². The van der Waals surface area contributed by atoms with E-state index in [1.165, 1.54) is 16.7 Å². The Morgan fingerprint density at radius 2 is 1.29 bits per heavy atom. The second kappa shape index (κ2) is 9.72. The van der Waals surface area contributed by atoms with Crippen LogP contribution in [0.5, 0.6) is 11.5 Å². The number of benzene rings is 4. The maximum Gasteiger partial charge on any atom is 0.119 e. The summed E-state index contributed by atoms with van der Waals surface area (Å²) in [5, 5.41) is 0. The van der Waals surface area contributed by atoms with Gasteiger partial charge in [0.2, 0.25) is 0 Å². The van der Waals surface area contributed by atoms with Gasteiger partial charge in [0.15, 0.2) is 0 Å². The SMILES string of the molecule is COc1ccc(/C=C/C2c3ccccc3C=C(c3ccccc3)N2c2ccc(OC)cc2)cc1. The summed E-state index contributed by atoms with van der Waals surface area (Å²) >= 11 is 0. The quantitative estimate of drug-likeness (QED) is 0.307. The standard InChI is InChI=1S/C31H27NO2/c1-33-27-17-12-23(13-18-27)14-21-30-29-11-7-6-10-25(29)22-31(24-8-4-3-5-9-24)32(30)26-15-19-28(34-2)20-16-26/h3-22,30H,1-2H3/b21-14+. The Hall–Kier alpha value is -4.24. The highest BCUT2D eigenvalue weighted by atomic mass is 16.5. The first kappa shape index (κ1) is 21.6. The third-order valence-electron chi connectivity index (χ3n) is 6.15. The summed E-state index contributed by atoms with van der Waals surface area (Å²) in [6, 6.07) is 35.6. The molecule has 0 fully saturated rings. The molecular formula is C31H27NO2. The highest BCUT2D eigenvalue weighted by Gasteiger charge is 2.28. The van der Waals surface area contributed by atoms with E-state index in [0.717, 1.165) is 28.4 Å². The van der Waals surface area contributed by atoms with Crippen molar-refractivity contribution in [3.05, 3.63) is 131 Å². The van der Waals surface area contributed by atoms with Gasteiger partial charge in [0.05, 0.1) is 20.3 Å². The molecule has 34 heavy (non-hydrogen) atoms. The van der Waals surface area contributed by atoms with Crippen molar-refractivity contribution in [1.29, 1.82) is 0 Å². The maximum absolute atomic E-state index is 5.42. The first-order valence-electron chi connectivity index (χ1n) is 11.4. The molecule has 1 atom stereocenters. The minimum Gasteiger partial charge on any atom is -0.497 e. The normalized spacial score (nSPS) is 15.1. The second-order valence-corrected chi connectivity index (χ2v) is 8.17. The van der Waals surface area contributed by atoms with Gasteiger partial charge in [-0.25, -0.2) is 0 Å². The summed E-state index contributed by atoms with van der Waals surface area (Å²) < 4.78 is 10.7. The van der Waals surface area contributed by atoms with Gasteiger partial charge in [0.1, 0.15) is 11.5 Å². The van der Waals surface area contributed by atoms with Crippen LogP contribution in [0.15, 0.2) is 109 Å². The molecule has 168 valence electrons. The molecule has 0 N–H and O–H groups in total. The van der Waals surface area contributed by atoms with Crippen molar-refractivity contribution in [2.24, 2.45) is 0 Å². The Bertz CT molecular complexity index is 1310. The summed E-state index contributed by atoms with van der Waals surface area (Å²) in [5.74, 6) is 1.70. The van der Waals surface area contributed by atoms with Crippen LogP contribution in [-0.2, 0) is 0 Å². The smallest absolute Gasteiger partial charge is 0.119 e. The highest BCUT2D eigenvalue weighted by molar-refractivity contribution is 5.94. The van der Waals surface area contributed by atoms with E-state index in [0.29, 0.717) is 0 Å². The fourth-order valence-electron chi connectivity index (χ4n) is 4.40. The topological polar surface area (TPSA) is 21.7 Å². The third kappa shape index (κ3) is 4.33. The van der Waals surface area contributed by atoms with E-state index in [4.69, 9.17) is 9.47 Å². The first-order valence-corrected chi connectivity index (χ1v) is 11.4. The molecule has 1 aliphatic rings. The number of hydrogen-bond donors (Lipinski definition) is 0. The molecule has 4 aromatic carbocycles. The van der Waals surface area contributed by atoms with Crippen LogP contribution in [-0.4, -0.2) is 14.2 Å². The molecule has 0 bridgehead atoms. The lowest BCUT2D eigenvalue weighted by molar-refractivity contribution is 0.414. The van der Waals surface area contributed by atoms with Crippen LogP contribution in [0.2, 0.25) is 0 Å². The van der Waals surface area contributed by atoms with E-state index < -0.39 is 0 Å². The van der Waals surface area contributed by atoms with Crippen molar-refractivity contribution >= 4 is 23.5 Å². The van der Waals surface area contributed by atoms with Crippen LogP contribution in [0.25, 0.3) is 17.8 Å². The fourth-order valence-corrected chi connectivity index (χ4v) is 4.40. The van der Waals surface area contributed by atoms with Gasteiger partial charge in [-0.1, -0.05) is 78.9 Å². The molecule has 3 heteroatoms. The van der Waals surface area contributed by atoms with Crippen LogP contribution in [0.4, 0.5) is 5.69 Å². The minimum absolute atomic E-state index is 0.0203. The maximum atomic E-state index is 5.42. The van der Waals surface area contributed by atoms with E-state index in [9.17, 15) is 0 Å². The zero-order chi connectivity index (χ0) is 23.3. The van der Waals surface area contributed by atoms with Gasteiger partial charge < -0.3 is 14.4 Å².